The van der Waals surface area contributed by atoms with Crippen LogP contribution in [-0.4, -0.2) is 24.7 Å². The standard InChI is InChI=1S/C20H31NO2/c1-19-10-8-14(23-3)12-13(19)4-5-15-16(19)9-11-20(2)17(15)6-7-18(22)21-20/h4,14-17H,5-12H2,1-3H3,(H,21,22)/t14-,15+,16-,17+,19+,20+/m0/s1. The lowest BCUT2D eigenvalue weighted by Crippen LogP contribution is -2.62. The highest BCUT2D eigenvalue weighted by Crippen LogP contribution is 2.60. The zero-order valence-corrected chi connectivity index (χ0v) is 14.9. The van der Waals surface area contributed by atoms with Crippen LogP contribution in [0, 0.1) is 23.2 Å². The second-order valence-electron chi connectivity index (χ2n) is 8.90. The number of nitrogens with one attached hydrogen (secondary N) is 1. The monoisotopic (exact) mass is 317 g/mol. The minimum atomic E-state index is 0.0436. The van der Waals surface area contributed by atoms with E-state index < -0.39 is 0 Å². The smallest absolute Gasteiger partial charge is 0.220 e. The first kappa shape index (κ1) is 15.7. The Hall–Kier alpha value is -0.830. The fraction of sp³-hybridized carbons (Fsp3) is 0.850. The van der Waals surface area contributed by atoms with Crippen LogP contribution in [0.2, 0.25) is 0 Å². The van der Waals surface area contributed by atoms with Crippen molar-refractivity contribution >= 4 is 5.91 Å². The van der Waals surface area contributed by atoms with Crippen LogP contribution in [0.25, 0.3) is 0 Å². The van der Waals surface area contributed by atoms with Crippen LogP contribution in [-0.2, 0) is 9.53 Å². The Morgan fingerprint density at radius 1 is 1.17 bits per heavy atom. The van der Waals surface area contributed by atoms with E-state index in [1.165, 1.54) is 25.7 Å². The molecule has 4 aliphatic rings. The normalized spacial score (nSPS) is 49.3. The fourth-order valence-corrected chi connectivity index (χ4v) is 6.50. The van der Waals surface area contributed by atoms with Gasteiger partial charge in [-0.25, -0.2) is 0 Å². The number of amides is 1. The number of carbonyl (C=O) groups excluding carboxylic acids is 1. The molecule has 0 aromatic carbocycles. The predicted molar refractivity (Wildman–Crippen MR) is 90.9 cm³/mol. The number of rotatable bonds is 1. The lowest BCUT2D eigenvalue weighted by molar-refractivity contribution is -0.131. The topological polar surface area (TPSA) is 38.3 Å². The van der Waals surface area contributed by atoms with Crippen molar-refractivity contribution in [2.75, 3.05) is 7.11 Å². The van der Waals surface area contributed by atoms with E-state index in [1.54, 1.807) is 5.57 Å². The van der Waals surface area contributed by atoms with Gasteiger partial charge in [-0.3, -0.25) is 4.79 Å². The number of allylic oxidation sites excluding steroid dienone is 1. The minimum absolute atomic E-state index is 0.0436. The van der Waals surface area contributed by atoms with Crippen LogP contribution >= 0.6 is 0 Å². The van der Waals surface area contributed by atoms with E-state index in [4.69, 9.17) is 4.74 Å². The molecule has 0 unspecified atom stereocenters. The summed E-state index contributed by atoms with van der Waals surface area (Å²) in [6.45, 7) is 4.82. The molecule has 23 heavy (non-hydrogen) atoms. The maximum Gasteiger partial charge on any atom is 0.220 e. The zero-order chi connectivity index (χ0) is 16.2. The molecule has 0 aromatic rings. The molecule has 0 radical (unpaired) electrons. The number of hydrogen-bond acceptors (Lipinski definition) is 2. The Balaban J connectivity index is 1.63. The zero-order valence-electron chi connectivity index (χ0n) is 14.9. The number of carbonyl (C=O) groups is 1. The molecule has 3 aliphatic carbocycles. The summed E-state index contributed by atoms with van der Waals surface area (Å²) in [5.41, 5.74) is 2.09. The van der Waals surface area contributed by atoms with Gasteiger partial charge in [-0.15, -0.1) is 0 Å². The Kier molecular flexibility index (Phi) is 3.64. The molecule has 1 aliphatic heterocycles. The first-order valence-electron chi connectivity index (χ1n) is 9.49. The molecule has 3 heteroatoms. The predicted octanol–water partition coefficient (Wildman–Crippen LogP) is 3.83. The molecule has 1 saturated heterocycles. The highest BCUT2D eigenvalue weighted by atomic mass is 16.5. The first-order valence-corrected chi connectivity index (χ1v) is 9.49. The minimum Gasteiger partial charge on any atom is -0.381 e. The van der Waals surface area contributed by atoms with Gasteiger partial charge in [-0.2, -0.15) is 0 Å². The lowest BCUT2D eigenvalue weighted by Gasteiger charge is -2.59. The molecule has 0 spiro atoms. The van der Waals surface area contributed by atoms with E-state index in [1.807, 2.05) is 7.11 Å². The number of methoxy groups -OCH3 is 1. The van der Waals surface area contributed by atoms with Crippen LogP contribution in [0.15, 0.2) is 11.6 Å². The van der Waals surface area contributed by atoms with Crippen LogP contribution in [0.5, 0.6) is 0 Å². The summed E-state index contributed by atoms with van der Waals surface area (Å²) < 4.78 is 5.65. The van der Waals surface area contributed by atoms with Crippen LogP contribution < -0.4 is 5.32 Å². The number of hydrogen-bond donors (Lipinski definition) is 1. The molecule has 0 bridgehead atoms. The van der Waals surface area contributed by atoms with Gasteiger partial charge in [0.15, 0.2) is 0 Å². The third-order valence-electron chi connectivity index (χ3n) is 7.89. The van der Waals surface area contributed by atoms with Crippen molar-refractivity contribution in [1.82, 2.24) is 5.32 Å². The molecule has 3 fully saturated rings. The lowest BCUT2D eigenvalue weighted by atomic mass is 9.48. The Labute approximate surface area is 140 Å². The third kappa shape index (κ3) is 2.30. The van der Waals surface area contributed by atoms with Gasteiger partial charge < -0.3 is 10.1 Å². The summed E-state index contributed by atoms with van der Waals surface area (Å²) in [5, 5.41) is 3.35. The summed E-state index contributed by atoms with van der Waals surface area (Å²) >= 11 is 0. The fourth-order valence-electron chi connectivity index (χ4n) is 6.50. The van der Waals surface area contributed by atoms with Crippen molar-refractivity contribution in [2.45, 2.75) is 76.9 Å². The van der Waals surface area contributed by atoms with Crippen LogP contribution in [0.4, 0.5) is 0 Å². The molecule has 128 valence electrons. The van der Waals surface area contributed by atoms with Gasteiger partial charge in [-0.05, 0) is 75.0 Å². The van der Waals surface area contributed by atoms with Crippen LogP contribution in [0.3, 0.4) is 0 Å². The Morgan fingerprint density at radius 3 is 2.78 bits per heavy atom. The first-order chi connectivity index (χ1) is 11.0. The molecule has 1 amide bonds. The van der Waals surface area contributed by atoms with E-state index >= 15 is 0 Å². The van der Waals surface area contributed by atoms with Crippen molar-refractivity contribution in [1.29, 1.82) is 0 Å². The molecule has 1 N–H and O–H groups in total. The van der Waals surface area contributed by atoms with Crippen molar-refractivity contribution < 1.29 is 9.53 Å². The van der Waals surface area contributed by atoms with Gasteiger partial charge in [0.2, 0.25) is 5.91 Å². The molecule has 6 atom stereocenters. The van der Waals surface area contributed by atoms with E-state index in [9.17, 15) is 4.79 Å². The van der Waals surface area contributed by atoms with Crippen molar-refractivity contribution in [3.05, 3.63) is 11.6 Å². The van der Waals surface area contributed by atoms with Crippen molar-refractivity contribution in [3.63, 3.8) is 0 Å². The molecular weight excluding hydrogens is 286 g/mol. The highest BCUT2D eigenvalue weighted by Gasteiger charge is 2.55. The second kappa shape index (κ2) is 5.34. The number of piperidine rings is 1. The van der Waals surface area contributed by atoms with E-state index in [0.717, 1.165) is 37.5 Å². The average molecular weight is 317 g/mol. The number of fused-ring (bicyclic) bond motifs is 5. The quantitative estimate of drug-likeness (QED) is 0.746. The second-order valence-corrected chi connectivity index (χ2v) is 8.90. The molecule has 2 saturated carbocycles. The van der Waals surface area contributed by atoms with Gasteiger partial charge in [0.05, 0.1) is 6.10 Å². The van der Waals surface area contributed by atoms with Crippen molar-refractivity contribution in [2.24, 2.45) is 23.2 Å². The summed E-state index contributed by atoms with van der Waals surface area (Å²) in [4.78, 5) is 11.9. The molecule has 4 rings (SSSR count). The van der Waals surface area contributed by atoms with E-state index in [0.29, 0.717) is 17.4 Å². The Bertz CT molecular complexity index is 542. The molecule has 1 heterocycles. The maximum absolute atomic E-state index is 11.9. The molecular formula is C20H31NO2. The summed E-state index contributed by atoms with van der Waals surface area (Å²) in [6, 6.07) is 0. The van der Waals surface area contributed by atoms with Gasteiger partial charge in [0.1, 0.15) is 0 Å². The molecule has 0 aromatic heterocycles. The van der Waals surface area contributed by atoms with Crippen LogP contribution in [0.1, 0.15) is 65.2 Å². The molecule has 3 nitrogen and oxygen atoms in total. The average Bonchev–Trinajstić information content (AvgIpc) is 2.52. The van der Waals surface area contributed by atoms with Gasteiger partial charge in [0, 0.05) is 19.1 Å². The van der Waals surface area contributed by atoms with Gasteiger partial charge >= 0.3 is 0 Å². The summed E-state index contributed by atoms with van der Waals surface area (Å²) in [7, 11) is 1.86. The number of ether oxygens (including phenoxy) is 1. The van der Waals surface area contributed by atoms with Crippen molar-refractivity contribution in [3.8, 4) is 0 Å². The summed E-state index contributed by atoms with van der Waals surface area (Å²) in [5.74, 6) is 2.48. The maximum atomic E-state index is 11.9. The van der Waals surface area contributed by atoms with Gasteiger partial charge in [0.25, 0.3) is 0 Å². The summed E-state index contributed by atoms with van der Waals surface area (Å²) in [6.07, 6.45) is 12.0. The Morgan fingerprint density at radius 2 is 2.00 bits per heavy atom. The van der Waals surface area contributed by atoms with Gasteiger partial charge in [-0.1, -0.05) is 18.6 Å². The van der Waals surface area contributed by atoms with E-state index in [-0.39, 0.29) is 11.4 Å². The van der Waals surface area contributed by atoms with E-state index in [2.05, 4.69) is 25.2 Å². The largest absolute Gasteiger partial charge is 0.381 e. The SMILES string of the molecule is CO[C@H]1CC[C@]2(C)C(=CC[C@H]3[C@H]4CCC(=O)N[C@]4(C)CC[C@@H]32)C1. The highest BCUT2D eigenvalue weighted by molar-refractivity contribution is 5.77. The third-order valence-corrected chi connectivity index (χ3v) is 7.89.